The minimum Gasteiger partial charge on any atom is -0.376 e. The van der Waals surface area contributed by atoms with Gasteiger partial charge in [0.2, 0.25) is 0 Å². The Balaban J connectivity index is 2.38. The minimum atomic E-state index is -0.184. The molecule has 1 aromatic rings. The van der Waals surface area contributed by atoms with Gasteiger partial charge >= 0.3 is 0 Å². The molecule has 0 aromatic heterocycles. The molecule has 1 fully saturated rings. The first kappa shape index (κ1) is 14.5. The molecule has 106 valence electrons. The Morgan fingerprint density at radius 3 is 2.53 bits per heavy atom. The molecule has 2 nitrogen and oxygen atoms in total. The van der Waals surface area contributed by atoms with Crippen molar-refractivity contribution in [2.24, 2.45) is 0 Å². The summed E-state index contributed by atoms with van der Waals surface area (Å²) in [5.41, 5.74) is 1.78. The van der Waals surface area contributed by atoms with Crippen molar-refractivity contribution in [1.29, 1.82) is 0 Å². The van der Waals surface area contributed by atoms with Crippen molar-refractivity contribution in [3.8, 4) is 0 Å². The second-order valence-corrected chi connectivity index (χ2v) is 5.53. The van der Waals surface area contributed by atoms with Gasteiger partial charge in [-0.3, -0.25) is 0 Å². The molecule has 1 saturated carbocycles. The van der Waals surface area contributed by atoms with Crippen LogP contribution in [-0.2, 0) is 4.74 Å². The Hall–Kier alpha value is -0.930. The molecule has 1 aliphatic rings. The van der Waals surface area contributed by atoms with Crippen LogP contribution < -0.4 is 5.32 Å². The maximum absolute atomic E-state index is 13.7. The number of benzene rings is 1. The van der Waals surface area contributed by atoms with Crippen LogP contribution >= 0.6 is 0 Å². The van der Waals surface area contributed by atoms with Gasteiger partial charge in [0, 0.05) is 7.11 Å². The Kier molecular flexibility index (Phi) is 4.58. The van der Waals surface area contributed by atoms with Crippen LogP contribution in [0.25, 0.3) is 0 Å². The number of nitrogens with one attached hydrogen (secondary N) is 1. The zero-order valence-corrected chi connectivity index (χ0v) is 12.1. The van der Waals surface area contributed by atoms with Crippen LogP contribution in [-0.4, -0.2) is 19.3 Å². The SMILES string of the molecule is CCNC(c1cc(C)cc(F)c1)C1(OC)CCCC1. The van der Waals surface area contributed by atoms with Gasteiger partial charge in [0.05, 0.1) is 11.6 Å². The highest BCUT2D eigenvalue weighted by molar-refractivity contribution is 5.29. The second-order valence-electron chi connectivity index (χ2n) is 5.53. The van der Waals surface area contributed by atoms with Crippen LogP contribution in [0.5, 0.6) is 0 Å². The average Bonchev–Trinajstić information content (AvgIpc) is 2.84. The topological polar surface area (TPSA) is 21.3 Å². The standard InChI is InChI=1S/C16H24FNO/c1-4-18-15(16(19-3)7-5-6-8-16)13-9-12(2)10-14(17)11-13/h9-11,15,18H,4-8H2,1-3H3. The molecule has 1 atom stereocenters. The molecule has 1 aromatic carbocycles. The fraction of sp³-hybridized carbons (Fsp3) is 0.625. The third-order valence-electron chi connectivity index (χ3n) is 4.19. The van der Waals surface area contributed by atoms with E-state index >= 15 is 0 Å². The predicted molar refractivity (Wildman–Crippen MR) is 75.8 cm³/mol. The molecule has 3 heteroatoms. The number of hydrogen-bond acceptors (Lipinski definition) is 2. The van der Waals surface area contributed by atoms with E-state index in [0.717, 1.165) is 30.5 Å². The fourth-order valence-corrected chi connectivity index (χ4v) is 3.33. The third-order valence-corrected chi connectivity index (χ3v) is 4.19. The van der Waals surface area contributed by atoms with E-state index in [0.29, 0.717) is 0 Å². The summed E-state index contributed by atoms with van der Waals surface area (Å²) in [5.74, 6) is -0.165. The third kappa shape index (κ3) is 2.98. The van der Waals surface area contributed by atoms with Crippen LogP contribution in [0.2, 0.25) is 0 Å². The highest BCUT2D eigenvalue weighted by Crippen LogP contribution is 2.42. The van der Waals surface area contributed by atoms with Crippen molar-refractivity contribution >= 4 is 0 Å². The van der Waals surface area contributed by atoms with Gasteiger partial charge in [0.15, 0.2) is 0 Å². The van der Waals surface area contributed by atoms with E-state index in [4.69, 9.17) is 4.74 Å². The predicted octanol–water partition coefficient (Wildman–Crippen LogP) is 3.74. The summed E-state index contributed by atoms with van der Waals surface area (Å²) in [7, 11) is 1.78. The van der Waals surface area contributed by atoms with Crippen LogP contribution in [0.3, 0.4) is 0 Å². The van der Waals surface area contributed by atoms with E-state index in [1.807, 2.05) is 6.92 Å². The second kappa shape index (κ2) is 6.02. The van der Waals surface area contributed by atoms with Crippen molar-refractivity contribution in [3.05, 3.63) is 35.1 Å². The van der Waals surface area contributed by atoms with E-state index in [9.17, 15) is 4.39 Å². The van der Waals surface area contributed by atoms with Crippen LogP contribution in [0.1, 0.15) is 49.8 Å². The van der Waals surface area contributed by atoms with E-state index in [1.54, 1.807) is 19.2 Å². The average molecular weight is 265 g/mol. The summed E-state index contributed by atoms with van der Waals surface area (Å²) < 4.78 is 19.5. The first-order chi connectivity index (χ1) is 9.11. The summed E-state index contributed by atoms with van der Waals surface area (Å²) in [6, 6.07) is 5.34. The summed E-state index contributed by atoms with van der Waals surface area (Å²) in [6.45, 7) is 4.87. The number of halogens is 1. The maximum Gasteiger partial charge on any atom is 0.123 e. The number of hydrogen-bond donors (Lipinski definition) is 1. The van der Waals surface area contributed by atoms with E-state index < -0.39 is 0 Å². The van der Waals surface area contributed by atoms with Crippen molar-refractivity contribution in [2.45, 2.75) is 51.2 Å². The lowest BCUT2D eigenvalue weighted by atomic mass is 9.86. The lowest BCUT2D eigenvalue weighted by Gasteiger charge is -2.37. The molecule has 0 amide bonds. The van der Waals surface area contributed by atoms with Gasteiger partial charge in [-0.1, -0.05) is 25.8 Å². The lowest BCUT2D eigenvalue weighted by molar-refractivity contribution is -0.0364. The van der Waals surface area contributed by atoms with Crippen LogP contribution in [0, 0.1) is 12.7 Å². The molecular weight excluding hydrogens is 241 g/mol. The van der Waals surface area contributed by atoms with Gasteiger partial charge in [-0.15, -0.1) is 0 Å². The molecule has 0 spiro atoms. The minimum absolute atomic E-state index is 0.0689. The number of methoxy groups -OCH3 is 1. The molecule has 0 aliphatic heterocycles. The Labute approximate surface area is 115 Å². The molecule has 0 radical (unpaired) electrons. The molecule has 1 unspecified atom stereocenters. The van der Waals surface area contributed by atoms with Gasteiger partial charge in [0.1, 0.15) is 5.82 Å². The smallest absolute Gasteiger partial charge is 0.123 e. The highest BCUT2D eigenvalue weighted by atomic mass is 19.1. The van der Waals surface area contributed by atoms with E-state index in [-0.39, 0.29) is 17.5 Å². The zero-order chi connectivity index (χ0) is 13.9. The number of aryl methyl sites for hydroxylation is 1. The van der Waals surface area contributed by atoms with Crippen LogP contribution in [0.15, 0.2) is 18.2 Å². The fourth-order valence-electron chi connectivity index (χ4n) is 3.33. The molecule has 1 aliphatic carbocycles. The summed E-state index contributed by atoms with van der Waals surface area (Å²) in [4.78, 5) is 0. The van der Waals surface area contributed by atoms with Crippen LogP contribution in [0.4, 0.5) is 4.39 Å². The normalized spacial score (nSPS) is 19.6. The summed E-state index contributed by atoms with van der Waals surface area (Å²) >= 11 is 0. The van der Waals surface area contributed by atoms with Crippen molar-refractivity contribution in [2.75, 3.05) is 13.7 Å². The first-order valence-electron chi connectivity index (χ1n) is 7.17. The van der Waals surface area contributed by atoms with Gasteiger partial charge in [-0.2, -0.15) is 0 Å². The summed E-state index contributed by atoms with van der Waals surface area (Å²) in [5, 5.41) is 3.50. The Bertz CT molecular complexity index is 407. The molecule has 0 heterocycles. The molecule has 2 rings (SSSR count). The Morgan fingerprint density at radius 1 is 1.32 bits per heavy atom. The number of ether oxygens (including phenoxy) is 1. The lowest BCUT2D eigenvalue weighted by Crippen LogP contribution is -2.43. The monoisotopic (exact) mass is 265 g/mol. The molecule has 1 N–H and O–H groups in total. The first-order valence-corrected chi connectivity index (χ1v) is 7.17. The van der Waals surface area contributed by atoms with Gasteiger partial charge < -0.3 is 10.1 Å². The number of rotatable bonds is 5. The van der Waals surface area contributed by atoms with Gasteiger partial charge in [-0.25, -0.2) is 4.39 Å². The van der Waals surface area contributed by atoms with Crippen molar-refractivity contribution < 1.29 is 9.13 Å². The van der Waals surface area contributed by atoms with Crippen molar-refractivity contribution in [3.63, 3.8) is 0 Å². The quantitative estimate of drug-likeness (QED) is 0.875. The molecule has 19 heavy (non-hydrogen) atoms. The van der Waals surface area contributed by atoms with E-state index in [1.165, 1.54) is 12.8 Å². The molecular formula is C16H24FNO. The Morgan fingerprint density at radius 2 is 2.00 bits per heavy atom. The largest absolute Gasteiger partial charge is 0.376 e. The molecule has 0 saturated heterocycles. The highest BCUT2D eigenvalue weighted by Gasteiger charge is 2.42. The van der Waals surface area contributed by atoms with Gasteiger partial charge in [0.25, 0.3) is 0 Å². The van der Waals surface area contributed by atoms with Gasteiger partial charge in [-0.05, 0) is 49.6 Å². The maximum atomic E-state index is 13.7. The zero-order valence-electron chi connectivity index (χ0n) is 12.1. The van der Waals surface area contributed by atoms with E-state index in [2.05, 4.69) is 18.3 Å². The molecule has 0 bridgehead atoms. The number of likely N-dealkylation sites (N-methyl/N-ethyl adjacent to an activating group) is 1. The van der Waals surface area contributed by atoms with Crippen molar-refractivity contribution in [1.82, 2.24) is 5.32 Å². The summed E-state index contributed by atoms with van der Waals surface area (Å²) in [6.07, 6.45) is 4.45.